The maximum absolute atomic E-state index is 15.1. The molecule has 7 heteroatoms. The van der Waals surface area contributed by atoms with Gasteiger partial charge in [-0.15, -0.1) is 0 Å². The smallest absolute Gasteiger partial charge is 0.322 e. The highest BCUT2D eigenvalue weighted by Crippen LogP contribution is 2.76. The third kappa shape index (κ3) is 1.50. The normalized spacial score (nSPS) is 33.1. The first-order valence-corrected chi connectivity index (χ1v) is 9.24. The highest BCUT2D eigenvalue weighted by molar-refractivity contribution is 6.06. The molecule has 2 aromatic rings. The van der Waals surface area contributed by atoms with Gasteiger partial charge in [-0.2, -0.15) is 0 Å². The Morgan fingerprint density at radius 3 is 1.55 bits per heavy atom. The predicted molar refractivity (Wildman–Crippen MR) is 90.7 cm³/mol. The number of hydrogen-bond acceptors (Lipinski definition) is 3. The lowest BCUT2D eigenvalue weighted by Crippen LogP contribution is -2.60. The first kappa shape index (κ1) is 16.9. The summed E-state index contributed by atoms with van der Waals surface area (Å²) in [6.45, 7) is 0. The van der Waals surface area contributed by atoms with E-state index in [1.165, 1.54) is 0 Å². The van der Waals surface area contributed by atoms with Crippen LogP contribution in [-0.2, 0) is 14.3 Å². The standard InChI is InChI=1S/C22H12F4O3/c23-15-11-12(16(24)18(26)17(15)25)14-10-6-2-1-5-9(10)13(11)21-7-3-4-8-22(14,21)20(28)29-19(21)27/h1-6,13-14H,7-8H2/t13-,14+,21-,22+. The van der Waals surface area contributed by atoms with Gasteiger partial charge in [-0.05, 0) is 24.0 Å². The van der Waals surface area contributed by atoms with Crippen LogP contribution in [0.25, 0.3) is 0 Å². The molecule has 4 aliphatic carbocycles. The molecule has 0 spiro atoms. The minimum Gasteiger partial charge on any atom is -0.392 e. The van der Waals surface area contributed by atoms with E-state index in [0.717, 1.165) is 0 Å². The topological polar surface area (TPSA) is 43.4 Å². The zero-order chi connectivity index (χ0) is 20.3. The lowest BCUT2D eigenvalue weighted by atomic mass is 9.38. The number of benzene rings is 2. The third-order valence-electron chi connectivity index (χ3n) is 7.28. The highest BCUT2D eigenvalue weighted by Gasteiger charge is 2.79. The Hall–Kier alpha value is -2.96. The minimum absolute atomic E-state index is 0.0621. The van der Waals surface area contributed by atoms with Crippen LogP contribution in [0.1, 0.15) is 46.9 Å². The van der Waals surface area contributed by atoms with Crippen LogP contribution in [0.5, 0.6) is 0 Å². The second-order valence-electron chi connectivity index (χ2n) is 8.08. The fourth-order valence-electron chi connectivity index (χ4n) is 6.29. The number of rotatable bonds is 0. The Bertz CT molecular complexity index is 1110. The van der Waals surface area contributed by atoms with Crippen LogP contribution in [0.15, 0.2) is 36.4 Å². The van der Waals surface area contributed by atoms with Gasteiger partial charge in [0.25, 0.3) is 0 Å². The molecule has 1 aliphatic heterocycles. The van der Waals surface area contributed by atoms with Crippen LogP contribution in [-0.4, -0.2) is 11.9 Å². The quantitative estimate of drug-likeness (QED) is 0.166. The first-order valence-electron chi connectivity index (χ1n) is 9.24. The van der Waals surface area contributed by atoms with E-state index in [1.54, 1.807) is 36.4 Å². The average molecular weight is 400 g/mol. The molecule has 1 fully saturated rings. The molecule has 29 heavy (non-hydrogen) atoms. The van der Waals surface area contributed by atoms with Crippen molar-refractivity contribution < 1.29 is 31.9 Å². The zero-order valence-electron chi connectivity index (χ0n) is 14.8. The van der Waals surface area contributed by atoms with E-state index >= 15 is 8.78 Å². The summed E-state index contributed by atoms with van der Waals surface area (Å²) < 4.78 is 63.7. The number of allylic oxidation sites excluding steroid dienone is 2. The SMILES string of the molecule is O=C1OC(=O)[C@@]23CC=CC[C@@]12[C@@H]1c2ccccc2[C@H]3c2c(F)c(F)c(F)c(F)c21. The summed E-state index contributed by atoms with van der Waals surface area (Å²) in [6.07, 6.45) is 3.53. The van der Waals surface area contributed by atoms with Crippen molar-refractivity contribution in [2.75, 3.05) is 0 Å². The van der Waals surface area contributed by atoms with E-state index in [-0.39, 0.29) is 24.0 Å². The van der Waals surface area contributed by atoms with E-state index in [4.69, 9.17) is 4.74 Å². The van der Waals surface area contributed by atoms with Crippen LogP contribution in [0.2, 0.25) is 0 Å². The van der Waals surface area contributed by atoms with E-state index in [1.807, 2.05) is 0 Å². The molecule has 0 saturated carbocycles. The van der Waals surface area contributed by atoms with Crippen molar-refractivity contribution in [3.05, 3.63) is 81.9 Å². The predicted octanol–water partition coefficient (Wildman–Crippen LogP) is 4.24. The molecule has 2 bridgehead atoms. The summed E-state index contributed by atoms with van der Waals surface area (Å²) in [5.41, 5.74) is -2.81. The molecule has 0 unspecified atom stereocenters. The van der Waals surface area contributed by atoms with Gasteiger partial charge in [0.15, 0.2) is 23.3 Å². The van der Waals surface area contributed by atoms with Crippen LogP contribution < -0.4 is 0 Å². The Kier molecular flexibility index (Phi) is 2.90. The van der Waals surface area contributed by atoms with Crippen LogP contribution in [0, 0.1) is 34.1 Å². The Balaban J connectivity index is 1.86. The second kappa shape index (κ2) is 4.96. The fourth-order valence-corrected chi connectivity index (χ4v) is 6.29. The van der Waals surface area contributed by atoms with Crippen molar-refractivity contribution in [1.29, 1.82) is 0 Å². The van der Waals surface area contributed by atoms with Crippen LogP contribution in [0.3, 0.4) is 0 Å². The number of cyclic esters (lactones) is 2. The van der Waals surface area contributed by atoms with Crippen molar-refractivity contribution in [2.24, 2.45) is 10.8 Å². The molecule has 4 atom stereocenters. The lowest BCUT2D eigenvalue weighted by molar-refractivity contribution is -0.156. The van der Waals surface area contributed by atoms with Crippen molar-refractivity contribution in [2.45, 2.75) is 24.7 Å². The maximum Gasteiger partial charge on any atom is 0.322 e. The molecule has 0 radical (unpaired) electrons. The maximum atomic E-state index is 15.1. The molecule has 2 aromatic carbocycles. The molecule has 5 aliphatic rings. The van der Waals surface area contributed by atoms with E-state index in [0.29, 0.717) is 11.1 Å². The molecular weight excluding hydrogens is 388 g/mol. The monoisotopic (exact) mass is 400 g/mol. The number of carbonyl (C=O) groups is 2. The number of halogens is 4. The molecule has 3 nitrogen and oxygen atoms in total. The largest absolute Gasteiger partial charge is 0.392 e. The summed E-state index contributed by atoms with van der Waals surface area (Å²) in [7, 11) is 0. The summed E-state index contributed by atoms with van der Waals surface area (Å²) >= 11 is 0. The van der Waals surface area contributed by atoms with E-state index < -0.39 is 57.9 Å². The molecule has 0 N–H and O–H groups in total. The van der Waals surface area contributed by atoms with Gasteiger partial charge in [0.05, 0.1) is 0 Å². The van der Waals surface area contributed by atoms with E-state index in [2.05, 4.69) is 0 Å². The van der Waals surface area contributed by atoms with E-state index in [9.17, 15) is 18.4 Å². The average Bonchev–Trinajstić information content (AvgIpc) is 2.98. The number of esters is 2. The minimum atomic E-state index is -1.92. The second-order valence-corrected chi connectivity index (χ2v) is 8.08. The summed E-state index contributed by atoms with van der Waals surface area (Å²) in [5.74, 6) is -10.9. The molecule has 1 heterocycles. The van der Waals surface area contributed by atoms with Crippen molar-refractivity contribution in [3.63, 3.8) is 0 Å². The molecular formula is C22H12F4O3. The Morgan fingerprint density at radius 2 is 1.14 bits per heavy atom. The Labute approximate surface area is 162 Å². The van der Waals surface area contributed by atoms with Gasteiger partial charge in [-0.25, -0.2) is 17.6 Å². The van der Waals surface area contributed by atoms with Crippen molar-refractivity contribution in [1.82, 2.24) is 0 Å². The Morgan fingerprint density at radius 1 is 0.724 bits per heavy atom. The van der Waals surface area contributed by atoms with Crippen LogP contribution in [0.4, 0.5) is 17.6 Å². The fraction of sp³-hybridized carbons (Fsp3) is 0.273. The zero-order valence-corrected chi connectivity index (χ0v) is 14.8. The van der Waals surface area contributed by atoms with Gasteiger partial charge in [-0.3, -0.25) is 9.59 Å². The van der Waals surface area contributed by atoms with Gasteiger partial charge in [0, 0.05) is 23.0 Å². The molecule has 0 aromatic heterocycles. The van der Waals surface area contributed by atoms with Gasteiger partial charge < -0.3 is 4.74 Å². The summed E-state index contributed by atoms with van der Waals surface area (Å²) in [6, 6.07) is 6.65. The molecule has 0 amide bonds. The van der Waals surface area contributed by atoms with Gasteiger partial charge in [-0.1, -0.05) is 36.4 Å². The van der Waals surface area contributed by atoms with Gasteiger partial charge in [0.2, 0.25) is 0 Å². The number of hydrogen-bond donors (Lipinski definition) is 0. The number of carbonyl (C=O) groups excluding carboxylic acids is 2. The summed E-state index contributed by atoms with van der Waals surface area (Å²) in [5, 5.41) is 0. The lowest BCUT2D eigenvalue weighted by Gasteiger charge is -2.59. The first-order chi connectivity index (χ1) is 13.9. The van der Waals surface area contributed by atoms with Gasteiger partial charge in [0.1, 0.15) is 10.8 Å². The molecule has 146 valence electrons. The number of ether oxygens (including phenoxy) is 1. The third-order valence-corrected chi connectivity index (χ3v) is 7.28. The van der Waals surface area contributed by atoms with Crippen molar-refractivity contribution >= 4 is 11.9 Å². The van der Waals surface area contributed by atoms with Gasteiger partial charge >= 0.3 is 11.9 Å². The van der Waals surface area contributed by atoms with Crippen molar-refractivity contribution in [3.8, 4) is 0 Å². The molecule has 1 saturated heterocycles. The van der Waals surface area contributed by atoms with Crippen LogP contribution >= 0.6 is 0 Å². The molecule has 7 rings (SSSR count). The highest BCUT2D eigenvalue weighted by atomic mass is 19.2. The summed E-state index contributed by atoms with van der Waals surface area (Å²) in [4.78, 5) is 26.1.